The SMILES string of the molecule is CN=C(NCCN1CCC1)N(C)Cc1cccn1C. The molecule has 0 bridgehead atoms. The average Bonchev–Trinajstić information content (AvgIpc) is 2.73. The number of nitrogens with one attached hydrogen (secondary N) is 1. The summed E-state index contributed by atoms with van der Waals surface area (Å²) in [4.78, 5) is 8.96. The van der Waals surface area contributed by atoms with Crippen LogP contribution in [0.2, 0.25) is 0 Å². The zero-order chi connectivity index (χ0) is 13.7. The Bertz CT molecular complexity index is 419. The Morgan fingerprint density at radius 2 is 2.26 bits per heavy atom. The number of likely N-dealkylation sites (tertiary alicyclic amines) is 1. The number of hydrogen-bond donors (Lipinski definition) is 1. The third-order valence-electron chi connectivity index (χ3n) is 3.68. The molecule has 0 aromatic carbocycles. The second-order valence-electron chi connectivity index (χ2n) is 5.14. The second kappa shape index (κ2) is 6.61. The van der Waals surface area contributed by atoms with E-state index in [2.05, 4.69) is 57.1 Å². The first kappa shape index (κ1) is 13.9. The van der Waals surface area contributed by atoms with Crippen molar-refractivity contribution in [1.29, 1.82) is 0 Å². The van der Waals surface area contributed by atoms with Gasteiger partial charge in [-0.15, -0.1) is 0 Å². The van der Waals surface area contributed by atoms with E-state index in [0.717, 1.165) is 25.6 Å². The Hall–Kier alpha value is -1.49. The van der Waals surface area contributed by atoms with E-state index in [9.17, 15) is 0 Å². The molecule has 106 valence electrons. The van der Waals surface area contributed by atoms with Gasteiger partial charge in [0.2, 0.25) is 0 Å². The van der Waals surface area contributed by atoms with Crippen molar-refractivity contribution in [2.45, 2.75) is 13.0 Å². The quantitative estimate of drug-likeness (QED) is 0.629. The predicted molar refractivity (Wildman–Crippen MR) is 79.3 cm³/mol. The van der Waals surface area contributed by atoms with Crippen molar-refractivity contribution in [3.8, 4) is 0 Å². The maximum atomic E-state index is 4.34. The molecular formula is C14H25N5. The molecule has 0 aliphatic carbocycles. The molecule has 1 fully saturated rings. The van der Waals surface area contributed by atoms with Crippen LogP contribution >= 0.6 is 0 Å². The molecule has 5 nitrogen and oxygen atoms in total. The fraction of sp³-hybridized carbons (Fsp3) is 0.643. The van der Waals surface area contributed by atoms with Gasteiger partial charge in [-0.3, -0.25) is 4.99 Å². The first-order chi connectivity index (χ1) is 9.20. The van der Waals surface area contributed by atoms with E-state index in [-0.39, 0.29) is 0 Å². The lowest BCUT2D eigenvalue weighted by molar-refractivity contribution is 0.184. The molecule has 0 spiro atoms. The third-order valence-corrected chi connectivity index (χ3v) is 3.68. The molecule has 1 saturated heterocycles. The van der Waals surface area contributed by atoms with Gasteiger partial charge in [0.1, 0.15) is 0 Å². The van der Waals surface area contributed by atoms with Crippen LogP contribution < -0.4 is 5.32 Å². The molecule has 1 aliphatic rings. The van der Waals surface area contributed by atoms with Crippen molar-refractivity contribution in [1.82, 2.24) is 19.7 Å². The molecule has 5 heteroatoms. The van der Waals surface area contributed by atoms with Gasteiger partial charge in [0, 0.05) is 46.1 Å². The molecule has 2 heterocycles. The van der Waals surface area contributed by atoms with E-state index in [1.54, 1.807) is 0 Å². The third kappa shape index (κ3) is 3.73. The monoisotopic (exact) mass is 263 g/mol. The van der Waals surface area contributed by atoms with E-state index >= 15 is 0 Å². The van der Waals surface area contributed by atoms with Gasteiger partial charge in [0.25, 0.3) is 0 Å². The van der Waals surface area contributed by atoms with Gasteiger partial charge in [-0.1, -0.05) is 0 Å². The molecule has 19 heavy (non-hydrogen) atoms. The highest BCUT2D eigenvalue weighted by molar-refractivity contribution is 5.79. The fourth-order valence-electron chi connectivity index (χ4n) is 2.29. The van der Waals surface area contributed by atoms with Crippen molar-refractivity contribution in [3.05, 3.63) is 24.0 Å². The molecule has 1 aliphatic heterocycles. The molecule has 0 atom stereocenters. The summed E-state index contributed by atoms with van der Waals surface area (Å²) in [6.45, 7) is 5.44. The summed E-state index contributed by atoms with van der Waals surface area (Å²) >= 11 is 0. The minimum absolute atomic E-state index is 0.868. The Balaban J connectivity index is 1.77. The Labute approximate surface area is 115 Å². The Morgan fingerprint density at radius 1 is 1.47 bits per heavy atom. The topological polar surface area (TPSA) is 35.8 Å². The molecule has 0 unspecified atom stereocenters. The fourth-order valence-corrected chi connectivity index (χ4v) is 2.29. The maximum Gasteiger partial charge on any atom is 0.193 e. The van der Waals surface area contributed by atoms with Crippen LogP contribution in [0.25, 0.3) is 0 Å². The molecule has 0 saturated carbocycles. The van der Waals surface area contributed by atoms with Crippen LogP contribution in [0, 0.1) is 0 Å². The van der Waals surface area contributed by atoms with Gasteiger partial charge in [-0.2, -0.15) is 0 Å². The summed E-state index contributed by atoms with van der Waals surface area (Å²) in [6, 6.07) is 4.22. The maximum absolute atomic E-state index is 4.34. The highest BCUT2D eigenvalue weighted by Gasteiger charge is 2.13. The summed E-state index contributed by atoms with van der Waals surface area (Å²) in [5.41, 5.74) is 1.29. The number of nitrogens with zero attached hydrogens (tertiary/aromatic N) is 4. The molecule has 0 radical (unpaired) electrons. The van der Waals surface area contributed by atoms with E-state index < -0.39 is 0 Å². The van der Waals surface area contributed by atoms with Crippen LogP contribution in [0.5, 0.6) is 0 Å². The predicted octanol–water partition coefficient (Wildman–Crippen LogP) is 0.738. The number of aliphatic imine (C=N–C) groups is 1. The van der Waals surface area contributed by atoms with Gasteiger partial charge < -0.3 is 19.7 Å². The molecule has 1 N–H and O–H groups in total. The number of guanidine groups is 1. The molecule has 1 aromatic heterocycles. The number of aryl methyl sites for hydroxylation is 1. The molecular weight excluding hydrogens is 238 g/mol. The normalized spacial score (nSPS) is 16.3. The summed E-state index contributed by atoms with van der Waals surface area (Å²) in [7, 11) is 5.99. The van der Waals surface area contributed by atoms with Gasteiger partial charge in [0.05, 0.1) is 6.54 Å². The van der Waals surface area contributed by atoms with Crippen LogP contribution in [-0.2, 0) is 13.6 Å². The lowest BCUT2D eigenvalue weighted by atomic mass is 10.2. The zero-order valence-corrected chi connectivity index (χ0v) is 12.3. The van der Waals surface area contributed by atoms with Crippen LogP contribution in [0.1, 0.15) is 12.1 Å². The van der Waals surface area contributed by atoms with Crippen LogP contribution in [0.15, 0.2) is 23.3 Å². The van der Waals surface area contributed by atoms with Crippen LogP contribution in [0.4, 0.5) is 0 Å². The lowest BCUT2D eigenvalue weighted by Gasteiger charge is -2.31. The lowest BCUT2D eigenvalue weighted by Crippen LogP contribution is -2.45. The highest BCUT2D eigenvalue weighted by Crippen LogP contribution is 2.05. The standard InChI is InChI=1S/C14H25N5/c1-15-14(16-7-11-19-9-5-10-19)18(3)12-13-6-4-8-17(13)2/h4,6,8H,5,7,9-12H2,1-3H3,(H,15,16). The summed E-state index contributed by atoms with van der Waals surface area (Å²) in [6.07, 6.45) is 3.42. The Morgan fingerprint density at radius 3 is 2.79 bits per heavy atom. The summed E-state index contributed by atoms with van der Waals surface area (Å²) < 4.78 is 2.14. The minimum atomic E-state index is 0.868. The van der Waals surface area contributed by atoms with Crippen molar-refractivity contribution in [3.63, 3.8) is 0 Å². The number of aromatic nitrogens is 1. The molecule has 2 rings (SSSR count). The zero-order valence-electron chi connectivity index (χ0n) is 12.3. The number of hydrogen-bond acceptors (Lipinski definition) is 2. The second-order valence-corrected chi connectivity index (χ2v) is 5.14. The van der Waals surface area contributed by atoms with Crippen molar-refractivity contribution < 1.29 is 0 Å². The largest absolute Gasteiger partial charge is 0.355 e. The van der Waals surface area contributed by atoms with E-state index in [1.165, 1.54) is 25.2 Å². The van der Waals surface area contributed by atoms with Crippen molar-refractivity contribution in [2.75, 3.05) is 40.3 Å². The van der Waals surface area contributed by atoms with Crippen LogP contribution in [0.3, 0.4) is 0 Å². The smallest absolute Gasteiger partial charge is 0.193 e. The number of rotatable bonds is 5. The molecule has 0 amide bonds. The summed E-state index contributed by atoms with van der Waals surface area (Å²) in [5.74, 6) is 0.960. The first-order valence-corrected chi connectivity index (χ1v) is 6.95. The van der Waals surface area contributed by atoms with Crippen LogP contribution in [-0.4, -0.2) is 60.6 Å². The van der Waals surface area contributed by atoms with E-state index in [0.29, 0.717) is 0 Å². The first-order valence-electron chi connectivity index (χ1n) is 6.95. The van der Waals surface area contributed by atoms with E-state index in [1.807, 2.05) is 7.05 Å². The minimum Gasteiger partial charge on any atom is -0.355 e. The van der Waals surface area contributed by atoms with Crippen molar-refractivity contribution >= 4 is 5.96 Å². The Kier molecular flexibility index (Phi) is 4.85. The highest BCUT2D eigenvalue weighted by atomic mass is 15.3. The van der Waals surface area contributed by atoms with Crippen molar-refractivity contribution in [2.24, 2.45) is 12.0 Å². The van der Waals surface area contributed by atoms with Gasteiger partial charge in [-0.25, -0.2) is 0 Å². The van der Waals surface area contributed by atoms with Gasteiger partial charge in [0.15, 0.2) is 5.96 Å². The van der Waals surface area contributed by atoms with E-state index in [4.69, 9.17) is 0 Å². The van der Waals surface area contributed by atoms with Gasteiger partial charge >= 0.3 is 0 Å². The summed E-state index contributed by atoms with van der Waals surface area (Å²) in [5, 5.41) is 3.43. The average molecular weight is 263 g/mol. The van der Waals surface area contributed by atoms with Gasteiger partial charge in [-0.05, 0) is 31.6 Å². The molecule has 1 aromatic rings.